The summed E-state index contributed by atoms with van der Waals surface area (Å²) in [4.78, 5) is 0.342. The van der Waals surface area contributed by atoms with E-state index in [0.717, 1.165) is 29.7 Å². The number of para-hydroxylation sites is 1. The first-order valence-corrected chi connectivity index (χ1v) is 11.5. The van der Waals surface area contributed by atoms with Crippen LogP contribution in [-0.2, 0) is 10.0 Å². The van der Waals surface area contributed by atoms with Gasteiger partial charge in [0.1, 0.15) is 0 Å². The Morgan fingerprint density at radius 3 is 2.03 bits per heavy atom. The highest BCUT2D eigenvalue weighted by Crippen LogP contribution is 2.27. The van der Waals surface area contributed by atoms with Crippen molar-refractivity contribution in [3.8, 4) is 11.1 Å². The van der Waals surface area contributed by atoms with E-state index in [1.54, 1.807) is 16.4 Å². The second kappa shape index (κ2) is 8.57. The Morgan fingerprint density at radius 2 is 1.38 bits per heavy atom. The molecule has 1 saturated heterocycles. The molecule has 0 amide bonds. The topological polar surface area (TPSA) is 49.4 Å². The second-order valence-electron chi connectivity index (χ2n) is 7.19. The number of benzene rings is 3. The fourth-order valence-corrected chi connectivity index (χ4v) is 5.30. The summed E-state index contributed by atoms with van der Waals surface area (Å²) in [6.45, 7) is 0.982. The number of piperidine rings is 1. The minimum absolute atomic E-state index is 0.210. The van der Waals surface area contributed by atoms with Gasteiger partial charge in [-0.2, -0.15) is 4.31 Å². The van der Waals surface area contributed by atoms with Crippen LogP contribution in [0.1, 0.15) is 12.8 Å². The van der Waals surface area contributed by atoms with E-state index in [1.807, 2.05) is 66.7 Å². The Balaban J connectivity index is 1.42. The number of hydrogen-bond donors (Lipinski definition) is 1. The van der Waals surface area contributed by atoms with Gasteiger partial charge in [0.15, 0.2) is 0 Å². The smallest absolute Gasteiger partial charge is 0.243 e. The molecule has 3 aromatic carbocycles. The van der Waals surface area contributed by atoms with Crippen molar-refractivity contribution < 1.29 is 8.42 Å². The molecule has 1 N–H and O–H groups in total. The maximum atomic E-state index is 13.0. The summed E-state index contributed by atoms with van der Waals surface area (Å²) in [5.41, 5.74) is 2.97. The molecule has 1 aliphatic heterocycles. The SMILES string of the molecule is O=S(=O)(c1ccc(-c2ccccc2)cc1)N1CCC(Nc2ccccc2Cl)CC1. The molecule has 1 fully saturated rings. The van der Waals surface area contributed by atoms with Gasteiger partial charge in [-0.3, -0.25) is 0 Å². The highest BCUT2D eigenvalue weighted by Gasteiger charge is 2.29. The average Bonchev–Trinajstić information content (AvgIpc) is 2.76. The summed E-state index contributed by atoms with van der Waals surface area (Å²) in [5, 5.41) is 4.11. The number of hydrogen-bond acceptors (Lipinski definition) is 3. The zero-order chi connectivity index (χ0) is 20.3. The molecule has 0 unspecified atom stereocenters. The normalized spacial score (nSPS) is 15.9. The van der Waals surface area contributed by atoms with Gasteiger partial charge in [-0.15, -0.1) is 0 Å². The molecule has 0 aliphatic carbocycles. The van der Waals surface area contributed by atoms with Crippen molar-refractivity contribution in [2.45, 2.75) is 23.8 Å². The van der Waals surface area contributed by atoms with E-state index in [4.69, 9.17) is 11.6 Å². The van der Waals surface area contributed by atoms with Crippen LogP contribution in [0.3, 0.4) is 0 Å². The summed E-state index contributed by atoms with van der Waals surface area (Å²) >= 11 is 6.21. The number of nitrogens with zero attached hydrogens (tertiary/aromatic N) is 1. The molecule has 0 aromatic heterocycles. The number of nitrogens with one attached hydrogen (secondary N) is 1. The Kier molecular flexibility index (Phi) is 5.90. The number of rotatable bonds is 5. The fraction of sp³-hybridized carbons (Fsp3) is 0.217. The Bertz CT molecular complexity index is 1060. The number of anilines is 1. The van der Waals surface area contributed by atoms with Crippen LogP contribution >= 0.6 is 11.6 Å². The molecule has 1 heterocycles. The van der Waals surface area contributed by atoms with Crippen molar-refractivity contribution in [2.24, 2.45) is 0 Å². The maximum absolute atomic E-state index is 13.0. The van der Waals surface area contributed by atoms with E-state index >= 15 is 0 Å². The minimum Gasteiger partial charge on any atom is -0.381 e. The summed E-state index contributed by atoms with van der Waals surface area (Å²) in [6.07, 6.45) is 1.49. The molecule has 4 nitrogen and oxygen atoms in total. The van der Waals surface area contributed by atoms with Crippen molar-refractivity contribution in [3.05, 3.63) is 83.9 Å². The molecule has 0 saturated carbocycles. The fourth-order valence-electron chi connectivity index (χ4n) is 3.64. The molecule has 4 rings (SSSR count). The van der Waals surface area contributed by atoms with Gasteiger partial charge in [0.2, 0.25) is 10.0 Å². The Labute approximate surface area is 177 Å². The summed E-state index contributed by atoms with van der Waals surface area (Å²) in [5.74, 6) is 0. The summed E-state index contributed by atoms with van der Waals surface area (Å²) < 4.78 is 27.7. The van der Waals surface area contributed by atoms with Gasteiger partial charge in [0.25, 0.3) is 0 Å². The van der Waals surface area contributed by atoms with Crippen molar-refractivity contribution in [3.63, 3.8) is 0 Å². The number of halogens is 1. The van der Waals surface area contributed by atoms with E-state index in [0.29, 0.717) is 23.0 Å². The zero-order valence-electron chi connectivity index (χ0n) is 16.0. The maximum Gasteiger partial charge on any atom is 0.243 e. The van der Waals surface area contributed by atoms with Crippen molar-refractivity contribution in [2.75, 3.05) is 18.4 Å². The zero-order valence-corrected chi connectivity index (χ0v) is 17.5. The quantitative estimate of drug-likeness (QED) is 0.604. The van der Waals surface area contributed by atoms with Crippen LogP contribution in [0, 0.1) is 0 Å². The molecular weight excluding hydrogens is 404 g/mol. The Morgan fingerprint density at radius 1 is 0.793 bits per heavy atom. The molecule has 0 bridgehead atoms. The summed E-state index contributed by atoms with van der Waals surface area (Å²) in [6, 6.07) is 24.9. The first-order valence-electron chi connectivity index (χ1n) is 9.71. The van der Waals surface area contributed by atoms with Gasteiger partial charge in [-0.05, 0) is 48.2 Å². The average molecular weight is 427 g/mol. The monoisotopic (exact) mass is 426 g/mol. The molecule has 0 atom stereocenters. The molecule has 150 valence electrons. The third-order valence-electron chi connectivity index (χ3n) is 5.29. The molecule has 1 aliphatic rings. The van der Waals surface area contributed by atoms with Crippen LogP contribution < -0.4 is 5.32 Å². The van der Waals surface area contributed by atoms with Crippen LogP contribution in [-0.4, -0.2) is 31.9 Å². The van der Waals surface area contributed by atoms with Gasteiger partial charge >= 0.3 is 0 Å². The van der Waals surface area contributed by atoms with Crippen LogP contribution in [0.4, 0.5) is 5.69 Å². The van der Waals surface area contributed by atoms with Gasteiger partial charge < -0.3 is 5.32 Å². The van der Waals surface area contributed by atoms with Gasteiger partial charge in [0.05, 0.1) is 15.6 Å². The predicted octanol–water partition coefficient (Wildman–Crippen LogP) is 5.27. The first kappa shape index (κ1) is 20.0. The summed E-state index contributed by atoms with van der Waals surface area (Å²) in [7, 11) is -3.49. The lowest BCUT2D eigenvalue weighted by atomic mass is 10.1. The van der Waals surface area contributed by atoms with E-state index in [9.17, 15) is 8.42 Å². The van der Waals surface area contributed by atoms with Crippen molar-refractivity contribution >= 4 is 27.3 Å². The van der Waals surface area contributed by atoms with E-state index in [1.165, 1.54) is 0 Å². The predicted molar refractivity (Wildman–Crippen MR) is 119 cm³/mol. The minimum atomic E-state index is -3.49. The van der Waals surface area contributed by atoms with Crippen LogP contribution in [0.2, 0.25) is 5.02 Å². The first-order chi connectivity index (χ1) is 14.0. The van der Waals surface area contributed by atoms with Gasteiger partial charge in [0, 0.05) is 19.1 Å². The van der Waals surface area contributed by atoms with Crippen LogP contribution in [0.5, 0.6) is 0 Å². The second-order valence-corrected chi connectivity index (χ2v) is 9.54. The third-order valence-corrected chi connectivity index (χ3v) is 7.53. The molecular formula is C23H23ClN2O2S. The molecule has 0 radical (unpaired) electrons. The van der Waals surface area contributed by atoms with Crippen molar-refractivity contribution in [1.29, 1.82) is 0 Å². The third kappa shape index (κ3) is 4.47. The molecule has 6 heteroatoms. The Hall–Kier alpha value is -2.34. The largest absolute Gasteiger partial charge is 0.381 e. The lowest BCUT2D eigenvalue weighted by Crippen LogP contribution is -2.42. The van der Waals surface area contributed by atoms with Gasteiger partial charge in [-0.1, -0.05) is 66.2 Å². The molecule has 0 spiro atoms. The lowest BCUT2D eigenvalue weighted by Gasteiger charge is -2.32. The van der Waals surface area contributed by atoms with Crippen LogP contribution in [0.25, 0.3) is 11.1 Å². The lowest BCUT2D eigenvalue weighted by molar-refractivity contribution is 0.330. The molecule has 3 aromatic rings. The van der Waals surface area contributed by atoms with Gasteiger partial charge in [-0.25, -0.2) is 8.42 Å². The number of sulfonamides is 1. The standard InChI is InChI=1S/C23H23ClN2O2S/c24-22-8-4-5-9-23(22)25-20-14-16-26(17-15-20)29(27,28)21-12-10-19(11-13-21)18-6-2-1-3-7-18/h1-13,20,25H,14-17H2. The van der Waals surface area contributed by atoms with E-state index < -0.39 is 10.0 Å². The molecule has 29 heavy (non-hydrogen) atoms. The van der Waals surface area contributed by atoms with Crippen molar-refractivity contribution in [1.82, 2.24) is 4.31 Å². The van der Waals surface area contributed by atoms with E-state index in [-0.39, 0.29) is 6.04 Å². The highest BCUT2D eigenvalue weighted by molar-refractivity contribution is 7.89. The van der Waals surface area contributed by atoms with Crippen LogP contribution in [0.15, 0.2) is 83.8 Å². The van der Waals surface area contributed by atoms with E-state index in [2.05, 4.69) is 5.32 Å². The highest BCUT2D eigenvalue weighted by atomic mass is 35.5.